The maximum Gasteiger partial charge on any atom is 0.328 e. The van der Waals surface area contributed by atoms with Gasteiger partial charge in [-0.25, -0.2) is 13.2 Å². The Morgan fingerprint density at radius 2 is 1.91 bits per heavy atom. The van der Waals surface area contributed by atoms with Gasteiger partial charge in [0.2, 0.25) is 0 Å². The molecular formula is C21H27N3O8S. The quantitative estimate of drug-likeness (QED) is 0.330. The molecule has 1 unspecified atom stereocenters. The molecule has 1 saturated heterocycles. The summed E-state index contributed by atoms with van der Waals surface area (Å²) in [6, 6.07) is 3.47. The number of nitrogens with zero attached hydrogens (tertiary/aromatic N) is 2. The molecule has 2 amide bonds. The number of esters is 1. The smallest absolute Gasteiger partial charge is 0.328 e. The zero-order valence-electron chi connectivity index (χ0n) is 18.3. The molecule has 0 aromatic heterocycles. The normalized spacial score (nSPS) is 20.7. The first-order chi connectivity index (χ1) is 15.6. The van der Waals surface area contributed by atoms with E-state index in [1.54, 1.807) is 4.90 Å². The molecule has 1 aromatic carbocycles. The Morgan fingerprint density at radius 1 is 1.21 bits per heavy atom. The molecule has 1 aliphatic heterocycles. The monoisotopic (exact) mass is 481 g/mol. The molecule has 0 bridgehead atoms. The van der Waals surface area contributed by atoms with Crippen LogP contribution < -0.4 is 5.32 Å². The van der Waals surface area contributed by atoms with E-state index in [1.165, 1.54) is 25.1 Å². The molecule has 1 N–H and O–H groups in total. The third kappa shape index (κ3) is 6.28. The lowest BCUT2D eigenvalue weighted by molar-refractivity contribution is -0.384. The summed E-state index contributed by atoms with van der Waals surface area (Å²) in [5, 5.41) is 13.3. The van der Waals surface area contributed by atoms with E-state index in [4.69, 9.17) is 4.74 Å². The van der Waals surface area contributed by atoms with Gasteiger partial charge in [0.25, 0.3) is 17.5 Å². The number of nitro benzene ring substituents is 1. The highest BCUT2D eigenvalue weighted by Crippen LogP contribution is 2.29. The van der Waals surface area contributed by atoms with Crippen molar-refractivity contribution in [1.82, 2.24) is 10.2 Å². The van der Waals surface area contributed by atoms with E-state index in [-0.39, 0.29) is 28.8 Å². The summed E-state index contributed by atoms with van der Waals surface area (Å²) in [6.07, 6.45) is 3.84. The zero-order valence-corrected chi connectivity index (χ0v) is 19.1. The molecule has 1 aliphatic carbocycles. The molecule has 1 aromatic rings. The van der Waals surface area contributed by atoms with Crippen LogP contribution in [-0.2, 0) is 24.2 Å². The first kappa shape index (κ1) is 24.6. The molecule has 12 heteroatoms. The van der Waals surface area contributed by atoms with Crippen LogP contribution in [-0.4, -0.2) is 72.3 Å². The first-order valence-electron chi connectivity index (χ1n) is 10.8. The number of carbonyl (C=O) groups excluding carboxylic acids is 3. The number of hydrogen-bond donors (Lipinski definition) is 1. The standard InChI is InChI=1S/C21H27N3O8S/c1-14(22-20(26)15-5-4-8-17(11-15)24(28)29)21(27)32-12-19(25)23(16-6-2-3-7-16)18-9-10-33(30,31)13-18/h4-5,8,11,14,16,18H,2-3,6-7,9-10,12-13H2,1H3,(H,22,26)/t14-,18?/m0/s1. The Labute approximate surface area is 191 Å². The number of non-ortho nitro benzene ring substituents is 1. The SMILES string of the molecule is C[C@H](NC(=O)c1cccc([N+](=O)[O-])c1)C(=O)OCC(=O)N(C1CCCC1)C1CCS(=O)(=O)C1. The minimum Gasteiger partial charge on any atom is -0.454 e. The highest BCUT2D eigenvalue weighted by molar-refractivity contribution is 7.91. The maximum atomic E-state index is 12.9. The molecule has 2 fully saturated rings. The number of nitro groups is 1. The van der Waals surface area contributed by atoms with Crippen LogP contribution in [0, 0.1) is 10.1 Å². The molecule has 11 nitrogen and oxygen atoms in total. The summed E-state index contributed by atoms with van der Waals surface area (Å²) in [4.78, 5) is 49.4. The molecule has 1 saturated carbocycles. The Bertz CT molecular complexity index is 1040. The number of ether oxygens (including phenoxy) is 1. The average Bonchev–Trinajstić information content (AvgIpc) is 3.42. The van der Waals surface area contributed by atoms with Crippen LogP contribution in [0.2, 0.25) is 0 Å². The lowest BCUT2D eigenvalue weighted by Gasteiger charge is -2.34. The first-order valence-corrected chi connectivity index (χ1v) is 12.6. The van der Waals surface area contributed by atoms with Crippen molar-refractivity contribution in [3.63, 3.8) is 0 Å². The number of sulfone groups is 1. The summed E-state index contributed by atoms with van der Waals surface area (Å²) in [5.41, 5.74) is -0.251. The van der Waals surface area contributed by atoms with Crippen molar-refractivity contribution in [3.05, 3.63) is 39.9 Å². The van der Waals surface area contributed by atoms with E-state index in [2.05, 4.69) is 5.32 Å². The molecule has 0 radical (unpaired) electrons. The van der Waals surface area contributed by atoms with Crippen molar-refractivity contribution < 1.29 is 32.5 Å². The van der Waals surface area contributed by atoms with Gasteiger partial charge in [-0.3, -0.25) is 19.7 Å². The van der Waals surface area contributed by atoms with Gasteiger partial charge in [0.1, 0.15) is 6.04 Å². The van der Waals surface area contributed by atoms with E-state index >= 15 is 0 Å². The predicted molar refractivity (Wildman–Crippen MR) is 117 cm³/mol. The van der Waals surface area contributed by atoms with Crippen molar-refractivity contribution in [2.24, 2.45) is 0 Å². The van der Waals surface area contributed by atoms with Crippen LogP contribution in [0.5, 0.6) is 0 Å². The second kappa shape index (κ2) is 10.3. The Balaban J connectivity index is 1.57. The molecular weight excluding hydrogens is 454 g/mol. The summed E-state index contributed by atoms with van der Waals surface area (Å²) in [6.45, 7) is 0.823. The van der Waals surface area contributed by atoms with Gasteiger partial charge in [0, 0.05) is 29.8 Å². The van der Waals surface area contributed by atoms with E-state index in [1.807, 2.05) is 0 Å². The fraction of sp³-hybridized carbons (Fsp3) is 0.571. The number of carbonyl (C=O) groups is 3. The Hall–Kier alpha value is -3.02. The number of hydrogen-bond acceptors (Lipinski definition) is 8. The molecule has 2 atom stereocenters. The summed E-state index contributed by atoms with van der Waals surface area (Å²) < 4.78 is 28.9. The zero-order chi connectivity index (χ0) is 24.2. The lowest BCUT2D eigenvalue weighted by atomic mass is 10.1. The second-order valence-electron chi connectivity index (χ2n) is 8.41. The van der Waals surface area contributed by atoms with Crippen molar-refractivity contribution in [2.75, 3.05) is 18.1 Å². The van der Waals surface area contributed by atoms with E-state index in [0.717, 1.165) is 31.7 Å². The molecule has 1 heterocycles. The van der Waals surface area contributed by atoms with Crippen molar-refractivity contribution in [2.45, 2.75) is 57.2 Å². The fourth-order valence-corrected chi connectivity index (χ4v) is 6.03. The summed E-state index contributed by atoms with van der Waals surface area (Å²) >= 11 is 0. The van der Waals surface area contributed by atoms with Crippen molar-refractivity contribution in [3.8, 4) is 0 Å². The highest BCUT2D eigenvalue weighted by Gasteiger charge is 2.39. The lowest BCUT2D eigenvalue weighted by Crippen LogP contribution is -2.49. The van der Waals surface area contributed by atoms with E-state index < -0.39 is 51.2 Å². The third-order valence-electron chi connectivity index (χ3n) is 5.97. The molecule has 180 valence electrons. The maximum absolute atomic E-state index is 12.9. The van der Waals surface area contributed by atoms with Crippen LogP contribution in [0.1, 0.15) is 49.4 Å². The van der Waals surface area contributed by atoms with E-state index in [9.17, 15) is 32.9 Å². The van der Waals surface area contributed by atoms with Gasteiger partial charge in [-0.1, -0.05) is 18.9 Å². The number of rotatable bonds is 8. The van der Waals surface area contributed by atoms with Crippen LogP contribution in [0.25, 0.3) is 0 Å². The number of amides is 2. The summed E-state index contributed by atoms with van der Waals surface area (Å²) in [7, 11) is -3.19. The van der Waals surface area contributed by atoms with Gasteiger partial charge in [-0.05, 0) is 32.3 Å². The van der Waals surface area contributed by atoms with Crippen molar-refractivity contribution in [1.29, 1.82) is 0 Å². The Morgan fingerprint density at radius 3 is 2.52 bits per heavy atom. The van der Waals surface area contributed by atoms with E-state index in [0.29, 0.717) is 6.42 Å². The number of benzene rings is 1. The minimum atomic E-state index is -3.19. The predicted octanol–water partition coefficient (Wildman–Crippen LogP) is 1.21. The van der Waals surface area contributed by atoms with Gasteiger partial charge >= 0.3 is 5.97 Å². The minimum absolute atomic E-state index is 0.00905. The number of nitrogens with one attached hydrogen (secondary N) is 1. The average molecular weight is 482 g/mol. The molecule has 2 aliphatic rings. The van der Waals surface area contributed by atoms with Gasteiger partial charge in [0.15, 0.2) is 16.4 Å². The molecule has 3 rings (SSSR count). The molecule has 0 spiro atoms. The van der Waals surface area contributed by atoms with Crippen LogP contribution in [0.4, 0.5) is 5.69 Å². The van der Waals surface area contributed by atoms with Crippen LogP contribution in [0.15, 0.2) is 24.3 Å². The highest BCUT2D eigenvalue weighted by atomic mass is 32.2. The molecule has 33 heavy (non-hydrogen) atoms. The Kier molecular flexibility index (Phi) is 7.67. The van der Waals surface area contributed by atoms with Crippen LogP contribution in [0.3, 0.4) is 0 Å². The fourth-order valence-electron chi connectivity index (χ4n) is 4.31. The third-order valence-corrected chi connectivity index (χ3v) is 7.72. The van der Waals surface area contributed by atoms with Crippen LogP contribution >= 0.6 is 0 Å². The largest absolute Gasteiger partial charge is 0.454 e. The van der Waals surface area contributed by atoms with Gasteiger partial charge in [0.05, 0.1) is 16.4 Å². The van der Waals surface area contributed by atoms with Crippen molar-refractivity contribution >= 4 is 33.3 Å². The second-order valence-corrected chi connectivity index (χ2v) is 10.6. The van der Waals surface area contributed by atoms with Gasteiger partial charge in [-0.2, -0.15) is 0 Å². The van der Waals surface area contributed by atoms with Gasteiger partial charge < -0.3 is 15.0 Å². The van der Waals surface area contributed by atoms with Gasteiger partial charge in [-0.15, -0.1) is 0 Å². The summed E-state index contributed by atoms with van der Waals surface area (Å²) in [5.74, 6) is -2.03. The topological polar surface area (TPSA) is 153 Å².